The molecule has 1 unspecified atom stereocenters. The predicted octanol–water partition coefficient (Wildman–Crippen LogP) is 3.77. The van der Waals surface area contributed by atoms with E-state index in [9.17, 15) is 19.2 Å². The van der Waals surface area contributed by atoms with E-state index in [0.29, 0.717) is 16.9 Å². The maximum absolute atomic E-state index is 12.6. The third kappa shape index (κ3) is 4.73. The molecule has 0 spiro atoms. The Hall–Kier alpha value is -4.11. The molecule has 33 heavy (non-hydrogen) atoms. The van der Waals surface area contributed by atoms with Crippen LogP contribution in [0.4, 0.5) is 11.4 Å². The number of carbonyl (C=O) groups excluding carboxylic acids is 3. The summed E-state index contributed by atoms with van der Waals surface area (Å²) in [5.41, 5.74) is 3.24. The van der Waals surface area contributed by atoms with Crippen LogP contribution in [0.15, 0.2) is 64.3 Å². The van der Waals surface area contributed by atoms with Gasteiger partial charge in [0.25, 0.3) is 5.91 Å². The van der Waals surface area contributed by atoms with E-state index in [-0.39, 0.29) is 5.56 Å². The Bertz CT molecular complexity index is 1270. The lowest BCUT2D eigenvalue weighted by Crippen LogP contribution is -2.41. The highest BCUT2D eigenvalue weighted by Gasteiger charge is 2.30. The summed E-state index contributed by atoms with van der Waals surface area (Å²) in [5.74, 6) is -4.12. The van der Waals surface area contributed by atoms with E-state index >= 15 is 0 Å². The first-order valence-electron chi connectivity index (χ1n) is 10.0. The number of carboxylic acids is 1. The molecule has 1 aliphatic heterocycles. The van der Waals surface area contributed by atoms with E-state index in [1.165, 1.54) is 12.1 Å². The third-order valence-corrected chi connectivity index (χ3v) is 5.87. The molecule has 0 saturated heterocycles. The van der Waals surface area contributed by atoms with Gasteiger partial charge in [-0.15, -0.1) is 0 Å². The Morgan fingerprint density at radius 2 is 1.82 bits per heavy atom. The molecular formula is C24H19N3O5S. The molecular weight excluding hydrogens is 442 g/mol. The van der Waals surface area contributed by atoms with Gasteiger partial charge in [0.05, 0.1) is 5.69 Å². The number of Topliss-reactive ketones (excluding diaryl/α,β-unsaturated/α-hetero) is 1. The van der Waals surface area contributed by atoms with Crippen molar-refractivity contribution in [2.45, 2.75) is 13.0 Å². The highest BCUT2D eigenvalue weighted by Crippen LogP contribution is 2.29. The van der Waals surface area contributed by atoms with Gasteiger partial charge in [-0.05, 0) is 65.2 Å². The number of amides is 2. The molecule has 2 aromatic carbocycles. The first-order chi connectivity index (χ1) is 15.8. The number of rotatable bonds is 6. The fourth-order valence-corrected chi connectivity index (χ4v) is 3.99. The number of hydrogen-bond donors (Lipinski definition) is 3. The molecule has 0 bridgehead atoms. The van der Waals surface area contributed by atoms with Crippen molar-refractivity contribution in [3.63, 3.8) is 0 Å². The maximum Gasteiger partial charge on any atom is 0.319 e. The van der Waals surface area contributed by atoms with Crippen molar-refractivity contribution < 1.29 is 24.3 Å². The number of nitrogens with one attached hydrogen (secondary N) is 2. The second-order valence-electron chi connectivity index (χ2n) is 7.46. The van der Waals surface area contributed by atoms with Crippen LogP contribution >= 0.6 is 11.3 Å². The normalized spacial score (nSPS) is 15.4. The number of nitrogens with zero attached hydrogens (tertiary/aromatic N) is 1. The van der Waals surface area contributed by atoms with E-state index in [2.05, 4.69) is 15.6 Å². The molecule has 1 aliphatic rings. The Kier molecular flexibility index (Phi) is 6.14. The Morgan fingerprint density at radius 3 is 2.48 bits per heavy atom. The van der Waals surface area contributed by atoms with E-state index < -0.39 is 35.5 Å². The lowest BCUT2D eigenvalue weighted by atomic mass is 9.94. The number of ketones is 1. The topological polar surface area (TPSA) is 125 Å². The standard InChI is InChI=1S/C24H19N3O5S/c1-13(26-23(30)15-4-2-14(3-5-15)16-8-9-33-12-16)22(29)27-17-6-7-20-18(10-17)21(28)19(11-25-20)24(31)32/h2-13,19H,1H3,(H,26,30)(H,27,29)(H,31,32)/t13-,19?/m0/s1. The van der Waals surface area contributed by atoms with Gasteiger partial charge in [0, 0.05) is 23.0 Å². The number of hydrogen-bond acceptors (Lipinski definition) is 6. The number of anilines is 1. The molecule has 2 atom stereocenters. The first-order valence-corrected chi connectivity index (χ1v) is 11.0. The molecule has 2 amide bonds. The fraction of sp³-hybridized carbons (Fsp3) is 0.125. The second-order valence-corrected chi connectivity index (χ2v) is 8.24. The van der Waals surface area contributed by atoms with E-state index in [1.807, 2.05) is 29.0 Å². The molecule has 3 aromatic rings. The van der Waals surface area contributed by atoms with Gasteiger partial charge in [0.15, 0.2) is 11.7 Å². The van der Waals surface area contributed by atoms with Crippen LogP contribution in [0.1, 0.15) is 27.6 Å². The summed E-state index contributed by atoms with van der Waals surface area (Å²) in [6.45, 7) is 1.54. The SMILES string of the molecule is C[C@H](NC(=O)c1ccc(-c2ccsc2)cc1)C(=O)Nc1ccc2c(c1)C(=O)C(C(=O)O)C=N2. The monoisotopic (exact) mass is 461 g/mol. The van der Waals surface area contributed by atoms with E-state index in [1.54, 1.807) is 36.5 Å². The maximum atomic E-state index is 12.6. The number of benzene rings is 2. The Morgan fingerprint density at radius 1 is 1.06 bits per heavy atom. The number of carboxylic acid groups (broad SMARTS) is 1. The highest BCUT2D eigenvalue weighted by atomic mass is 32.1. The molecule has 3 N–H and O–H groups in total. The van der Waals surface area contributed by atoms with Crippen LogP contribution < -0.4 is 10.6 Å². The molecule has 0 aliphatic carbocycles. The van der Waals surface area contributed by atoms with Gasteiger partial charge < -0.3 is 15.7 Å². The highest BCUT2D eigenvalue weighted by molar-refractivity contribution is 7.08. The molecule has 0 radical (unpaired) electrons. The van der Waals surface area contributed by atoms with Crippen molar-refractivity contribution in [3.8, 4) is 11.1 Å². The van der Waals surface area contributed by atoms with Gasteiger partial charge in [0.2, 0.25) is 5.91 Å². The predicted molar refractivity (Wildman–Crippen MR) is 125 cm³/mol. The molecule has 0 fully saturated rings. The van der Waals surface area contributed by atoms with Gasteiger partial charge in [0.1, 0.15) is 6.04 Å². The minimum atomic E-state index is -1.35. The first kappa shape index (κ1) is 22.1. The molecule has 0 saturated carbocycles. The second kappa shape index (κ2) is 9.17. The van der Waals surface area contributed by atoms with Gasteiger partial charge in [-0.3, -0.25) is 24.2 Å². The summed E-state index contributed by atoms with van der Waals surface area (Å²) in [5, 5.41) is 18.4. The molecule has 8 nitrogen and oxygen atoms in total. The van der Waals surface area contributed by atoms with Crippen LogP contribution in [0.3, 0.4) is 0 Å². The van der Waals surface area contributed by atoms with Crippen molar-refractivity contribution in [1.29, 1.82) is 0 Å². The summed E-state index contributed by atoms with van der Waals surface area (Å²) in [6, 6.07) is 12.7. The minimum Gasteiger partial charge on any atom is -0.480 e. The summed E-state index contributed by atoms with van der Waals surface area (Å²) < 4.78 is 0. The molecule has 166 valence electrons. The van der Waals surface area contributed by atoms with Gasteiger partial charge in [-0.25, -0.2) is 0 Å². The Labute approximate surface area is 193 Å². The summed E-state index contributed by atoms with van der Waals surface area (Å²) in [4.78, 5) is 52.7. The van der Waals surface area contributed by atoms with Gasteiger partial charge in [-0.1, -0.05) is 12.1 Å². The quantitative estimate of drug-likeness (QED) is 0.482. The van der Waals surface area contributed by atoms with Gasteiger partial charge in [-0.2, -0.15) is 11.3 Å². The van der Waals surface area contributed by atoms with Crippen LogP contribution in [-0.4, -0.2) is 40.9 Å². The van der Waals surface area contributed by atoms with Crippen LogP contribution in [-0.2, 0) is 9.59 Å². The van der Waals surface area contributed by atoms with E-state index in [0.717, 1.165) is 17.3 Å². The number of aliphatic carboxylic acids is 1. The van der Waals surface area contributed by atoms with Gasteiger partial charge >= 0.3 is 5.97 Å². The molecule has 4 rings (SSSR count). The molecule has 9 heteroatoms. The summed E-state index contributed by atoms with van der Waals surface area (Å²) >= 11 is 1.59. The zero-order chi connectivity index (χ0) is 23.5. The van der Waals surface area contributed by atoms with Crippen molar-refractivity contribution in [3.05, 3.63) is 70.4 Å². The van der Waals surface area contributed by atoms with Crippen molar-refractivity contribution in [1.82, 2.24) is 5.32 Å². The third-order valence-electron chi connectivity index (χ3n) is 5.18. The lowest BCUT2D eigenvalue weighted by molar-refractivity contribution is -0.137. The van der Waals surface area contributed by atoms with Crippen LogP contribution in [0, 0.1) is 5.92 Å². The van der Waals surface area contributed by atoms with Crippen LogP contribution in [0.2, 0.25) is 0 Å². The number of aliphatic imine (C=N–C) groups is 1. The molecule has 1 aromatic heterocycles. The number of thiophene rings is 1. The number of fused-ring (bicyclic) bond motifs is 1. The average molecular weight is 461 g/mol. The smallest absolute Gasteiger partial charge is 0.319 e. The summed E-state index contributed by atoms with van der Waals surface area (Å²) in [7, 11) is 0. The zero-order valence-electron chi connectivity index (χ0n) is 17.4. The summed E-state index contributed by atoms with van der Waals surface area (Å²) in [6.07, 6.45) is 1.09. The number of carbonyl (C=O) groups is 4. The van der Waals surface area contributed by atoms with Crippen molar-refractivity contribution in [2.24, 2.45) is 10.9 Å². The lowest BCUT2D eigenvalue weighted by Gasteiger charge is -2.17. The zero-order valence-corrected chi connectivity index (χ0v) is 18.3. The van der Waals surface area contributed by atoms with Crippen LogP contribution in [0.25, 0.3) is 11.1 Å². The average Bonchev–Trinajstić information content (AvgIpc) is 3.34. The fourth-order valence-electron chi connectivity index (χ4n) is 3.33. The molecule has 2 heterocycles. The minimum absolute atomic E-state index is 0.116. The Balaban J connectivity index is 1.40. The van der Waals surface area contributed by atoms with Crippen molar-refractivity contribution in [2.75, 3.05) is 5.32 Å². The van der Waals surface area contributed by atoms with Crippen molar-refractivity contribution >= 4 is 52.5 Å². The van der Waals surface area contributed by atoms with E-state index in [4.69, 9.17) is 5.11 Å². The largest absolute Gasteiger partial charge is 0.480 e. The van der Waals surface area contributed by atoms with Crippen LogP contribution in [0.5, 0.6) is 0 Å².